The van der Waals surface area contributed by atoms with Crippen LogP contribution in [0.15, 0.2) is 36.7 Å². The van der Waals surface area contributed by atoms with E-state index in [-0.39, 0.29) is 11.8 Å². The fourth-order valence-electron chi connectivity index (χ4n) is 4.11. The molecule has 5 rings (SSSR count). The van der Waals surface area contributed by atoms with Crippen molar-refractivity contribution in [3.63, 3.8) is 0 Å². The highest BCUT2D eigenvalue weighted by molar-refractivity contribution is 6.07. The van der Waals surface area contributed by atoms with E-state index in [1.165, 1.54) is 0 Å². The van der Waals surface area contributed by atoms with Crippen molar-refractivity contribution in [2.75, 3.05) is 25.1 Å². The largest absolute Gasteiger partial charge is 0.381 e. The second-order valence-electron chi connectivity index (χ2n) is 7.57. The minimum atomic E-state index is -0.188. The molecule has 29 heavy (non-hydrogen) atoms. The molecule has 2 aliphatic rings. The van der Waals surface area contributed by atoms with Crippen molar-refractivity contribution in [3.05, 3.63) is 47.9 Å². The van der Waals surface area contributed by atoms with Crippen LogP contribution in [0.1, 0.15) is 46.2 Å². The van der Waals surface area contributed by atoms with Crippen molar-refractivity contribution >= 4 is 28.4 Å². The van der Waals surface area contributed by atoms with Gasteiger partial charge in [0, 0.05) is 49.0 Å². The summed E-state index contributed by atoms with van der Waals surface area (Å²) >= 11 is 0. The second-order valence-corrected chi connectivity index (χ2v) is 7.57. The van der Waals surface area contributed by atoms with Crippen LogP contribution >= 0.6 is 0 Å². The van der Waals surface area contributed by atoms with E-state index in [0.717, 1.165) is 49.9 Å². The van der Waals surface area contributed by atoms with Crippen LogP contribution < -0.4 is 10.6 Å². The number of carbonyl (C=O) groups is 2. The molecule has 2 N–H and O–H groups in total. The monoisotopic (exact) mass is 393 g/mol. The van der Waals surface area contributed by atoms with Crippen molar-refractivity contribution in [2.45, 2.75) is 31.8 Å². The van der Waals surface area contributed by atoms with Gasteiger partial charge in [-0.25, -0.2) is 0 Å². The van der Waals surface area contributed by atoms with Crippen molar-refractivity contribution in [1.82, 2.24) is 19.7 Å². The van der Waals surface area contributed by atoms with Gasteiger partial charge in [-0.3, -0.25) is 14.3 Å². The zero-order valence-electron chi connectivity index (χ0n) is 16.1. The van der Waals surface area contributed by atoms with E-state index < -0.39 is 0 Å². The van der Waals surface area contributed by atoms with Gasteiger partial charge in [-0.05, 0) is 37.5 Å². The van der Waals surface area contributed by atoms with Gasteiger partial charge in [0.1, 0.15) is 5.69 Å². The van der Waals surface area contributed by atoms with Gasteiger partial charge in [-0.1, -0.05) is 6.07 Å². The Labute approximate surface area is 167 Å². The smallest absolute Gasteiger partial charge is 0.267 e. The fourth-order valence-corrected chi connectivity index (χ4v) is 4.11. The average Bonchev–Trinajstić information content (AvgIpc) is 3.31. The number of carbonyl (C=O) groups excluding carboxylic acids is 2. The second kappa shape index (κ2) is 7.36. The molecule has 8 heteroatoms. The van der Waals surface area contributed by atoms with Crippen molar-refractivity contribution in [1.29, 1.82) is 0 Å². The number of aromatic nitrogens is 3. The van der Waals surface area contributed by atoms with E-state index in [0.29, 0.717) is 29.5 Å². The third kappa shape index (κ3) is 3.40. The number of ether oxygens (including phenoxy) is 1. The lowest BCUT2D eigenvalue weighted by atomic mass is 10.1. The summed E-state index contributed by atoms with van der Waals surface area (Å²) in [6.07, 6.45) is 6.28. The Morgan fingerprint density at radius 2 is 2.10 bits per heavy atom. The zero-order valence-corrected chi connectivity index (χ0v) is 16.1. The molecular weight excluding hydrogens is 370 g/mol. The van der Waals surface area contributed by atoms with E-state index in [2.05, 4.69) is 15.7 Å². The van der Waals surface area contributed by atoms with Gasteiger partial charge in [0.05, 0.1) is 17.9 Å². The molecule has 0 aliphatic carbocycles. The maximum absolute atomic E-state index is 12.8. The van der Waals surface area contributed by atoms with E-state index >= 15 is 0 Å². The highest BCUT2D eigenvalue weighted by Crippen LogP contribution is 2.25. The first-order chi connectivity index (χ1) is 14.2. The summed E-state index contributed by atoms with van der Waals surface area (Å²) < 4.78 is 9.30. The molecule has 3 aromatic rings. The van der Waals surface area contributed by atoms with Crippen LogP contribution in [-0.2, 0) is 11.3 Å². The maximum Gasteiger partial charge on any atom is 0.267 e. The first-order valence-corrected chi connectivity index (χ1v) is 10.0. The summed E-state index contributed by atoms with van der Waals surface area (Å²) in [5.41, 5.74) is 2.78. The number of nitrogens with zero attached hydrogens (tertiary/aromatic N) is 3. The summed E-state index contributed by atoms with van der Waals surface area (Å²) in [7, 11) is 0. The molecule has 8 nitrogen and oxygen atoms in total. The number of nitrogens with one attached hydrogen (secondary N) is 2. The highest BCUT2D eigenvalue weighted by Gasteiger charge is 2.20. The third-order valence-corrected chi connectivity index (χ3v) is 5.67. The number of rotatable bonds is 3. The number of aryl methyl sites for hydroxylation is 1. The topological polar surface area (TPSA) is 90.2 Å². The quantitative estimate of drug-likeness (QED) is 0.716. The molecule has 1 aromatic carbocycles. The fraction of sp³-hybridized carbons (Fsp3) is 0.381. The van der Waals surface area contributed by atoms with Crippen LogP contribution in [-0.4, -0.2) is 45.9 Å². The van der Waals surface area contributed by atoms with Crippen molar-refractivity contribution < 1.29 is 14.3 Å². The Hall–Kier alpha value is -3.13. The third-order valence-electron chi connectivity index (χ3n) is 5.67. The molecule has 0 bridgehead atoms. The molecule has 0 unspecified atom stereocenters. The van der Waals surface area contributed by atoms with Gasteiger partial charge in [0.15, 0.2) is 0 Å². The molecule has 0 atom stereocenters. The van der Waals surface area contributed by atoms with E-state index in [9.17, 15) is 9.59 Å². The van der Waals surface area contributed by atoms with E-state index in [4.69, 9.17) is 4.74 Å². The lowest BCUT2D eigenvalue weighted by Gasteiger charge is -2.22. The Balaban J connectivity index is 1.38. The standard InChI is InChI=1S/C21H23N5O3/c27-20(24-16-12-23-26(13-16)17-4-8-29-9-5-17)15-3-2-14-10-19-21(28)22-6-1-7-25(19)18(14)11-15/h2-3,10-13,17H,1,4-9H2,(H,22,28)(H,24,27). The number of fused-ring (bicyclic) bond motifs is 3. The zero-order chi connectivity index (χ0) is 19.8. The Bertz CT molecular complexity index is 1080. The molecule has 4 heterocycles. The molecule has 1 saturated heterocycles. The van der Waals surface area contributed by atoms with Crippen LogP contribution in [0.3, 0.4) is 0 Å². The number of hydrogen-bond donors (Lipinski definition) is 2. The van der Waals surface area contributed by atoms with Crippen molar-refractivity contribution in [2.24, 2.45) is 0 Å². The Morgan fingerprint density at radius 1 is 1.24 bits per heavy atom. The SMILES string of the molecule is O=C(Nc1cnn(C2CCOCC2)c1)c1ccc2cc3n(c2c1)CCCNC3=O. The van der Waals surface area contributed by atoms with Crippen LogP contribution in [0.2, 0.25) is 0 Å². The Morgan fingerprint density at radius 3 is 2.97 bits per heavy atom. The van der Waals surface area contributed by atoms with Crippen LogP contribution in [0.5, 0.6) is 0 Å². The Kier molecular flexibility index (Phi) is 4.55. The minimum Gasteiger partial charge on any atom is -0.381 e. The van der Waals surface area contributed by atoms with Crippen LogP contribution in [0.4, 0.5) is 5.69 Å². The molecular formula is C21H23N5O3. The van der Waals surface area contributed by atoms with Crippen molar-refractivity contribution in [3.8, 4) is 0 Å². The normalized spacial score (nSPS) is 17.6. The lowest BCUT2D eigenvalue weighted by Crippen LogP contribution is -2.22. The van der Waals surface area contributed by atoms with Gasteiger partial charge in [0.25, 0.3) is 11.8 Å². The van der Waals surface area contributed by atoms with Gasteiger partial charge in [-0.15, -0.1) is 0 Å². The first-order valence-electron chi connectivity index (χ1n) is 10.0. The highest BCUT2D eigenvalue weighted by atomic mass is 16.5. The van der Waals surface area contributed by atoms with Gasteiger partial charge in [0.2, 0.25) is 0 Å². The molecule has 0 saturated carbocycles. The molecule has 0 spiro atoms. The number of anilines is 1. The predicted octanol–water partition coefficient (Wildman–Crippen LogP) is 2.58. The van der Waals surface area contributed by atoms with Gasteiger partial charge >= 0.3 is 0 Å². The summed E-state index contributed by atoms with van der Waals surface area (Å²) in [4.78, 5) is 25.0. The summed E-state index contributed by atoms with van der Waals surface area (Å²) in [6, 6.07) is 7.74. The summed E-state index contributed by atoms with van der Waals surface area (Å²) in [6.45, 7) is 2.90. The first kappa shape index (κ1) is 17.9. The number of benzene rings is 1. The van der Waals surface area contributed by atoms with E-state index in [1.807, 2.05) is 33.6 Å². The average molecular weight is 393 g/mol. The lowest BCUT2D eigenvalue weighted by molar-refractivity contribution is 0.0662. The molecule has 0 radical (unpaired) electrons. The minimum absolute atomic E-state index is 0.0646. The number of hydrogen-bond acceptors (Lipinski definition) is 4. The van der Waals surface area contributed by atoms with Crippen LogP contribution in [0, 0.1) is 0 Å². The summed E-state index contributed by atoms with van der Waals surface area (Å²) in [5, 5.41) is 11.2. The molecule has 2 amide bonds. The van der Waals surface area contributed by atoms with Crippen LogP contribution in [0.25, 0.3) is 10.9 Å². The van der Waals surface area contributed by atoms with E-state index in [1.54, 1.807) is 12.3 Å². The van der Waals surface area contributed by atoms with Gasteiger partial charge in [-0.2, -0.15) is 5.10 Å². The molecule has 2 aliphatic heterocycles. The van der Waals surface area contributed by atoms with Gasteiger partial charge < -0.3 is 19.9 Å². The predicted molar refractivity (Wildman–Crippen MR) is 108 cm³/mol. The molecule has 2 aromatic heterocycles. The molecule has 1 fully saturated rings. The molecule has 150 valence electrons. The maximum atomic E-state index is 12.8. The summed E-state index contributed by atoms with van der Waals surface area (Å²) in [5.74, 6) is -0.253. The number of amides is 2.